The molecule has 1 atom stereocenters. The first-order valence-electron chi connectivity index (χ1n) is 5.18. The van der Waals surface area contributed by atoms with Crippen LogP contribution >= 0.6 is 0 Å². The SMILES string of the molecule is COc1ncccc1[C@H](C)N=C/C(=C\N)[N+](=O)[O-]. The molecule has 2 N–H and O–H groups in total. The van der Waals surface area contributed by atoms with Crippen LogP contribution in [0.25, 0.3) is 0 Å². The van der Waals surface area contributed by atoms with Gasteiger partial charge in [-0.25, -0.2) is 4.98 Å². The van der Waals surface area contributed by atoms with Crippen LogP contribution in [-0.4, -0.2) is 23.2 Å². The van der Waals surface area contributed by atoms with Gasteiger partial charge in [0.05, 0.1) is 24.3 Å². The number of ether oxygens (including phenoxy) is 1. The second-order valence-electron chi connectivity index (χ2n) is 3.40. The maximum absolute atomic E-state index is 10.5. The predicted molar refractivity (Wildman–Crippen MR) is 67.0 cm³/mol. The number of nitrogens with two attached hydrogens (primary N) is 1. The zero-order valence-corrected chi connectivity index (χ0v) is 10.1. The van der Waals surface area contributed by atoms with E-state index < -0.39 is 4.92 Å². The first kappa shape index (κ1) is 13.6. The van der Waals surface area contributed by atoms with Gasteiger partial charge in [-0.2, -0.15) is 0 Å². The van der Waals surface area contributed by atoms with Gasteiger partial charge in [0, 0.05) is 11.8 Å². The molecule has 18 heavy (non-hydrogen) atoms. The molecular formula is C11H14N4O3. The van der Waals surface area contributed by atoms with Crippen molar-refractivity contribution in [1.82, 2.24) is 4.98 Å². The summed E-state index contributed by atoms with van der Waals surface area (Å²) in [6, 6.07) is 3.23. The molecule has 0 bridgehead atoms. The molecule has 1 heterocycles. The van der Waals surface area contributed by atoms with E-state index in [9.17, 15) is 10.1 Å². The van der Waals surface area contributed by atoms with Gasteiger partial charge in [0.2, 0.25) is 5.88 Å². The number of aliphatic imine (C=N–C) groups is 1. The number of hydrogen-bond donors (Lipinski definition) is 1. The number of aromatic nitrogens is 1. The summed E-state index contributed by atoms with van der Waals surface area (Å²) in [6.45, 7) is 1.78. The van der Waals surface area contributed by atoms with Crippen LogP contribution < -0.4 is 10.5 Å². The summed E-state index contributed by atoms with van der Waals surface area (Å²) in [5.74, 6) is 0.446. The molecule has 0 amide bonds. The molecule has 1 rings (SSSR count). The van der Waals surface area contributed by atoms with E-state index in [4.69, 9.17) is 10.5 Å². The van der Waals surface area contributed by atoms with Gasteiger partial charge in [0.1, 0.15) is 6.21 Å². The molecular weight excluding hydrogens is 236 g/mol. The van der Waals surface area contributed by atoms with Crippen LogP contribution in [-0.2, 0) is 0 Å². The van der Waals surface area contributed by atoms with Gasteiger partial charge >= 0.3 is 5.70 Å². The third-order valence-electron chi connectivity index (χ3n) is 2.26. The average molecular weight is 250 g/mol. The van der Waals surface area contributed by atoms with E-state index in [1.165, 1.54) is 7.11 Å². The number of pyridine rings is 1. The fraction of sp³-hybridized carbons (Fsp3) is 0.273. The Morgan fingerprint density at radius 1 is 1.72 bits per heavy atom. The fourth-order valence-corrected chi connectivity index (χ4v) is 1.31. The zero-order chi connectivity index (χ0) is 13.5. The van der Waals surface area contributed by atoms with E-state index >= 15 is 0 Å². The smallest absolute Gasteiger partial charge is 0.302 e. The Morgan fingerprint density at radius 2 is 2.44 bits per heavy atom. The van der Waals surface area contributed by atoms with Crippen LogP contribution in [0.2, 0.25) is 0 Å². The zero-order valence-electron chi connectivity index (χ0n) is 10.1. The Hall–Kier alpha value is -2.44. The Morgan fingerprint density at radius 3 is 3.00 bits per heavy atom. The van der Waals surface area contributed by atoms with Crippen molar-refractivity contribution in [3.8, 4) is 5.88 Å². The molecule has 0 aliphatic carbocycles. The number of allylic oxidation sites excluding steroid dienone is 1. The summed E-state index contributed by atoms with van der Waals surface area (Å²) < 4.78 is 5.09. The van der Waals surface area contributed by atoms with Crippen molar-refractivity contribution in [3.63, 3.8) is 0 Å². The fourth-order valence-electron chi connectivity index (χ4n) is 1.31. The molecule has 0 radical (unpaired) electrons. The van der Waals surface area contributed by atoms with Crippen LogP contribution in [0.15, 0.2) is 35.2 Å². The number of hydrogen-bond acceptors (Lipinski definition) is 6. The van der Waals surface area contributed by atoms with Gasteiger partial charge in [-0.15, -0.1) is 0 Å². The highest BCUT2D eigenvalue weighted by Gasteiger charge is 2.12. The van der Waals surface area contributed by atoms with Crippen molar-refractivity contribution in [2.75, 3.05) is 7.11 Å². The molecule has 0 unspecified atom stereocenters. The standard InChI is InChI=1S/C11H14N4O3/c1-8(14-7-9(6-12)15(16)17)10-4-3-5-13-11(10)18-2/h3-8H,12H2,1-2H3/b9-6+,14-7?/t8-/m0/s1. The lowest BCUT2D eigenvalue weighted by Gasteiger charge is -2.09. The minimum absolute atomic E-state index is 0.260. The largest absolute Gasteiger partial charge is 0.481 e. The highest BCUT2D eigenvalue weighted by molar-refractivity contribution is 5.75. The first-order chi connectivity index (χ1) is 8.60. The number of nitro groups is 1. The molecule has 7 heteroatoms. The topological polar surface area (TPSA) is 104 Å². The summed E-state index contributed by atoms with van der Waals surface area (Å²) >= 11 is 0. The number of rotatable bonds is 5. The molecule has 0 spiro atoms. The highest BCUT2D eigenvalue weighted by atomic mass is 16.6. The van der Waals surface area contributed by atoms with Gasteiger partial charge in [-0.1, -0.05) is 0 Å². The molecule has 0 aliphatic heterocycles. The van der Waals surface area contributed by atoms with Crippen LogP contribution in [0.3, 0.4) is 0 Å². The van der Waals surface area contributed by atoms with Gasteiger partial charge in [0.25, 0.3) is 0 Å². The van der Waals surface area contributed by atoms with Crippen molar-refractivity contribution in [3.05, 3.63) is 45.9 Å². The van der Waals surface area contributed by atoms with Crippen LogP contribution in [0, 0.1) is 10.1 Å². The van der Waals surface area contributed by atoms with Crippen molar-refractivity contribution in [2.24, 2.45) is 10.7 Å². The van der Waals surface area contributed by atoms with Crippen molar-refractivity contribution < 1.29 is 9.66 Å². The van der Waals surface area contributed by atoms with Crippen molar-refractivity contribution >= 4 is 6.21 Å². The maximum atomic E-state index is 10.5. The second-order valence-corrected chi connectivity index (χ2v) is 3.40. The van der Waals surface area contributed by atoms with Crippen LogP contribution in [0.4, 0.5) is 0 Å². The molecule has 96 valence electrons. The molecule has 7 nitrogen and oxygen atoms in total. The van der Waals surface area contributed by atoms with E-state index in [-0.39, 0.29) is 11.7 Å². The Bertz CT molecular complexity index is 485. The molecule has 0 aromatic carbocycles. The van der Waals surface area contributed by atoms with E-state index in [0.29, 0.717) is 5.88 Å². The molecule has 1 aromatic rings. The third-order valence-corrected chi connectivity index (χ3v) is 2.26. The lowest BCUT2D eigenvalue weighted by Crippen LogP contribution is -2.04. The minimum atomic E-state index is -0.601. The number of methoxy groups -OCH3 is 1. The van der Waals surface area contributed by atoms with Gasteiger partial charge in [-0.05, 0) is 19.1 Å². The second kappa shape index (κ2) is 6.33. The Kier molecular flexibility index (Phi) is 4.79. The number of nitrogens with zero attached hydrogens (tertiary/aromatic N) is 3. The average Bonchev–Trinajstić information content (AvgIpc) is 2.38. The van der Waals surface area contributed by atoms with E-state index in [1.807, 2.05) is 0 Å². The first-order valence-corrected chi connectivity index (χ1v) is 5.18. The quantitative estimate of drug-likeness (QED) is 0.482. The summed E-state index contributed by atoms with van der Waals surface area (Å²) in [5, 5.41) is 10.5. The summed E-state index contributed by atoms with van der Waals surface area (Å²) in [6.07, 6.45) is 3.62. The monoisotopic (exact) mass is 250 g/mol. The van der Waals surface area contributed by atoms with E-state index in [1.54, 1.807) is 25.3 Å². The Balaban J connectivity index is 2.91. The van der Waals surface area contributed by atoms with Gasteiger partial charge < -0.3 is 10.5 Å². The van der Waals surface area contributed by atoms with Crippen molar-refractivity contribution in [1.29, 1.82) is 0 Å². The molecule has 0 fully saturated rings. The summed E-state index contributed by atoms with van der Waals surface area (Å²) in [5.41, 5.74) is 5.61. The summed E-state index contributed by atoms with van der Waals surface area (Å²) in [4.78, 5) is 18.0. The third kappa shape index (κ3) is 3.27. The lowest BCUT2D eigenvalue weighted by atomic mass is 10.1. The molecule has 0 saturated carbocycles. The van der Waals surface area contributed by atoms with E-state index in [0.717, 1.165) is 18.0 Å². The van der Waals surface area contributed by atoms with Crippen molar-refractivity contribution in [2.45, 2.75) is 13.0 Å². The maximum Gasteiger partial charge on any atom is 0.302 e. The van der Waals surface area contributed by atoms with Gasteiger partial charge in [0.15, 0.2) is 0 Å². The Labute approximate surface area is 104 Å². The molecule has 0 saturated heterocycles. The predicted octanol–water partition coefficient (Wildman–Crippen LogP) is 1.30. The minimum Gasteiger partial charge on any atom is -0.481 e. The highest BCUT2D eigenvalue weighted by Crippen LogP contribution is 2.24. The summed E-state index contributed by atoms with van der Waals surface area (Å²) in [7, 11) is 1.50. The normalized spacial score (nSPS) is 13.6. The van der Waals surface area contributed by atoms with Crippen LogP contribution in [0.1, 0.15) is 18.5 Å². The van der Waals surface area contributed by atoms with Crippen LogP contribution in [0.5, 0.6) is 5.88 Å². The molecule has 1 aromatic heterocycles. The lowest BCUT2D eigenvalue weighted by molar-refractivity contribution is -0.414. The van der Waals surface area contributed by atoms with E-state index in [2.05, 4.69) is 9.98 Å². The van der Waals surface area contributed by atoms with Gasteiger partial charge in [-0.3, -0.25) is 15.1 Å². The molecule has 0 aliphatic rings.